The Morgan fingerprint density at radius 2 is 2.00 bits per heavy atom. The van der Waals surface area contributed by atoms with Crippen molar-refractivity contribution in [2.24, 2.45) is 7.05 Å². The van der Waals surface area contributed by atoms with E-state index in [-0.39, 0.29) is 17.3 Å². The monoisotopic (exact) mass is 223 g/mol. The maximum absolute atomic E-state index is 12.1. The molecule has 5 heteroatoms. The second-order valence-electron chi connectivity index (χ2n) is 4.46. The van der Waals surface area contributed by atoms with Crippen LogP contribution in [0.3, 0.4) is 0 Å². The van der Waals surface area contributed by atoms with Crippen LogP contribution >= 0.6 is 0 Å². The predicted octanol–water partition coefficient (Wildman–Crippen LogP) is 0.486. The maximum Gasteiger partial charge on any atom is 0.331 e. The Kier molecular flexibility index (Phi) is 2.61. The third-order valence-corrected chi connectivity index (χ3v) is 3.03. The van der Waals surface area contributed by atoms with E-state index in [1.807, 2.05) is 13.8 Å². The number of anilines is 1. The second-order valence-corrected chi connectivity index (χ2v) is 4.46. The summed E-state index contributed by atoms with van der Waals surface area (Å²) in [5.41, 5.74) is 1.02. The first-order valence-electron chi connectivity index (χ1n) is 5.62. The van der Waals surface area contributed by atoms with Gasteiger partial charge in [-0.05, 0) is 26.7 Å². The normalized spacial score (nSPS) is 14.8. The topological polar surface area (TPSA) is 56.0 Å². The van der Waals surface area contributed by atoms with Gasteiger partial charge < -0.3 is 5.32 Å². The smallest absolute Gasteiger partial charge is 0.331 e. The van der Waals surface area contributed by atoms with Gasteiger partial charge in [-0.3, -0.25) is 13.9 Å². The molecule has 1 aliphatic heterocycles. The van der Waals surface area contributed by atoms with Gasteiger partial charge in [-0.15, -0.1) is 0 Å². The summed E-state index contributed by atoms with van der Waals surface area (Å²) in [5.74, 6) is 0. The molecule has 2 rings (SSSR count). The molecular weight excluding hydrogens is 206 g/mol. The molecule has 0 radical (unpaired) electrons. The zero-order valence-corrected chi connectivity index (χ0v) is 9.91. The van der Waals surface area contributed by atoms with Crippen molar-refractivity contribution in [1.82, 2.24) is 9.13 Å². The lowest BCUT2D eigenvalue weighted by molar-refractivity contribution is 0.510. The molecule has 16 heavy (non-hydrogen) atoms. The van der Waals surface area contributed by atoms with Crippen LogP contribution in [0.4, 0.5) is 5.69 Å². The summed E-state index contributed by atoms with van der Waals surface area (Å²) < 4.78 is 2.89. The van der Waals surface area contributed by atoms with Crippen molar-refractivity contribution in [3.63, 3.8) is 0 Å². The minimum absolute atomic E-state index is 0.111. The van der Waals surface area contributed by atoms with Gasteiger partial charge in [0.1, 0.15) is 5.69 Å². The van der Waals surface area contributed by atoms with Crippen LogP contribution in [-0.2, 0) is 13.5 Å². The van der Waals surface area contributed by atoms with Gasteiger partial charge in [-0.25, -0.2) is 4.79 Å². The van der Waals surface area contributed by atoms with E-state index in [2.05, 4.69) is 5.32 Å². The van der Waals surface area contributed by atoms with Crippen molar-refractivity contribution in [2.75, 3.05) is 11.9 Å². The molecule has 88 valence electrons. The van der Waals surface area contributed by atoms with E-state index >= 15 is 0 Å². The van der Waals surface area contributed by atoms with Crippen LogP contribution in [0.2, 0.25) is 0 Å². The summed E-state index contributed by atoms with van der Waals surface area (Å²) in [5, 5.41) is 3.10. The molecule has 0 saturated carbocycles. The van der Waals surface area contributed by atoms with Gasteiger partial charge in [0, 0.05) is 19.6 Å². The Labute approximate surface area is 93.7 Å². The summed E-state index contributed by atoms with van der Waals surface area (Å²) in [7, 11) is 1.73. The van der Waals surface area contributed by atoms with E-state index < -0.39 is 0 Å². The number of nitrogens with one attached hydrogen (secondary N) is 1. The summed E-state index contributed by atoms with van der Waals surface area (Å²) in [4.78, 5) is 24.1. The molecule has 2 heterocycles. The lowest BCUT2D eigenvalue weighted by atomic mass is 10.1. The average Bonchev–Trinajstić information content (AvgIpc) is 2.26. The zero-order valence-electron chi connectivity index (χ0n) is 9.91. The van der Waals surface area contributed by atoms with Gasteiger partial charge in [0.05, 0.1) is 5.69 Å². The third-order valence-electron chi connectivity index (χ3n) is 3.03. The quantitative estimate of drug-likeness (QED) is 0.753. The molecule has 1 aromatic rings. The lowest BCUT2D eigenvalue weighted by Gasteiger charge is -2.22. The molecule has 1 N–H and O–H groups in total. The van der Waals surface area contributed by atoms with Crippen LogP contribution < -0.4 is 16.6 Å². The molecule has 5 nitrogen and oxygen atoms in total. The Hall–Kier alpha value is -1.52. The van der Waals surface area contributed by atoms with E-state index in [0.717, 1.165) is 25.1 Å². The fraction of sp³-hybridized carbons (Fsp3) is 0.636. The van der Waals surface area contributed by atoms with E-state index in [1.165, 1.54) is 4.57 Å². The highest BCUT2D eigenvalue weighted by molar-refractivity contribution is 5.48. The highest BCUT2D eigenvalue weighted by Crippen LogP contribution is 2.15. The minimum Gasteiger partial charge on any atom is -0.379 e. The van der Waals surface area contributed by atoms with Crippen molar-refractivity contribution in [3.8, 4) is 0 Å². The number of nitrogens with zero attached hydrogens (tertiary/aromatic N) is 2. The predicted molar refractivity (Wildman–Crippen MR) is 63.1 cm³/mol. The van der Waals surface area contributed by atoms with Crippen molar-refractivity contribution >= 4 is 5.69 Å². The molecule has 0 saturated heterocycles. The summed E-state index contributed by atoms with van der Waals surface area (Å²) in [6.45, 7) is 4.49. The van der Waals surface area contributed by atoms with Crippen LogP contribution in [-0.4, -0.2) is 15.7 Å². The van der Waals surface area contributed by atoms with Crippen molar-refractivity contribution in [1.29, 1.82) is 0 Å². The van der Waals surface area contributed by atoms with Crippen LogP contribution in [0, 0.1) is 0 Å². The van der Waals surface area contributed by atoms with Gasteiger partial charge in [0.15, 0.2) is 0 Å². The molecule has 0 bridgehead atoms. The first kappa shape index (κ1) is 11.0. The number of aromatic nitrogens is 2. The highest BCUT2D eigenvalue weighted by atomic mass is 16.2. The van der Waals surface area contributed by atoms with E-state index in [1.54, 1.807) is 11.6 Å². The molecule has 0 atom stereocenters. The Balaban J connectivity index is 2.81. The highest BCUT2D eigenvalue weighted by Gasteiger charge is 2.20. The first-order chi connectivity index (χ1) is 7.54. The molecular formula is C11H17N3O2. The zero-order chi connectivity index (χ0) is 11.9. The standard InChI is InChI=1S/C11H17N3O2/c1-7(2)14-10(15)9-8(5-4-6-12-9)13(3)11(14)16/h7,12H,4-6H2,1-3H3. The van der Waals surface area contributed by atoms with E-state index in [9.17, 15) is 9.59 Å². The maximum atomic E-state index is 12.1. The first-order valence-corrected chi connectivity index (χ1v) is 5.62. The molecule has 0 amide bonds. The fourth-order valence-electron chi connectivity index (χ4n) is 2.17. The van der Waals surface area contributed by atoms with Gasteiger partial charge in [0.25, 0.3) is 5.56 Å². The Morgan fingerprint density at radius 3 is 2.62 bits per heavy atom. The Bertz CT molecular complexity index is 525. The number of hydrogen-bond donors (Lipinski definition) is 1. The van der Waals surface area contributed by atoms with E-state index in [0.29, 0.717) is 5.69 Å². The summed E-state index contributed by atoms with van der Waals surface area (Å²) in [6, 6.07) is -0.111. The van der Waals surface area contributed by atoms with Crippen LogP contribution in [0.15, 0.2) is 9.59 Å². The van der Waals surface area contributed by atoms with Gasteiger partial charge >= 0.3 is 5.69 Å². The van der Waals surface area contributed by atoms with Crippen LogP contribution in [0.5, 0.6) is 0 Å². The minimum atomic E-state index is -0.220. The van der Waals surface area contributed by atoms with Gasteiger partial charge in [0.2, 0.25) is 0 Å². The molecule has 0 unspecified atom stereocenters. The third kappa shape index (κ3) is 1.47. The largest absolute Gasteiger partial charge is 0.379 e. The number of rotatable bonds is 1. The Morgan fingerprint density at radius 1 is 1.31 bits per heavy atom. The van der Waals surface area contributed by atoms with Gasteiger partial charge in [-0.2, -0.15) is 0 Å². The van der Waals surface area contributed by atoms with Crippen LogP contribution in [0.1, 0.15) is 32.0 Å². The summed E-state index contributed by atoms with van der Waals surface area (Å²) >= 11 is 0. The fourth-order valence-corrected chi connectivity index (χ4v) is 2.17. The second kappa shape index (κ2) is 3.81. The molecule has 0 spiro atoms. The summed E-state index contributed by atoms with van der Waals surface area (Å²) in [6.07, 6.45) is 1.76. The molecule has 0 aliphatic carbocycles. The number of hydrogen-bond acceptors (Lipinski definition) is 3. The molecule has 0 fully saturated rings. The van der Waals surface area contributed by atoms with Crippen molar-refractivity contribution in [2.45, 2.75) is 32.7 Å². The van der Waals surface area contributed by atoms with E-state index in [4.69, 9.17) is 0 Å². The van der Waals surface area contributed by atoms with Crippen LogP contribution in [0.25, 0.3) is 0 Å². The molecule has 0 aromatic carbocycles. The molecule has 1 aromatic heterocycles. The van der Waals surface area contributed by atoms with Crippen molar-refractivity contribution in [3.05, 3.63) is 26.5 Å². The SMILES string of the molecule is CC(C)n1c(=O)c2c(n(C)c1=O)CCCN2. The molecule has 1 aliphatic rings. The lowest BCUT2D eigenvalue weighted by Crippen LogP contribution is -2.44. The number of fused-ring (bicyclic) bond motifs is 1. The van der Waals surface area contributed by atoms with Gasteiger partial charge in [-0.1, -0.05) is 0 Å². The average molecular weight is 223 g/mol. The van der Waals surface area contributed by atoms with Crippen molar-refractivity contribution < 1.29 is 0 Å².